The molecular formula is C12H18O5. The molecule has 5 nitrogen and oxygen atoms in total. The normalized spacial score (nSPS) is 28.8. The number of Topliss-reactive ketones (excluding diaryl/α,β-unsaturated/α-hetero) is 1. The summed E-state index contributed by atoms with van der Waals surface area (Å²) in [5.41, 5.74) is -1.06. The fourth-order valence-electron chi connectivity index (χ4n) is 2.38. The molecule has 0 bridgehead atoms. The number of ketones is 1. The second-order valence-corrected chi connectivity index (χ2v) is 3.96. The first-order valence-corrected chi connectivity index (χ1v) is 5.59. The molecule has 0 aromatic rings. The lowest BCUT2D eigenvalue weighted by molar-refractivity contribution is -0.141. The third-order valence-electron chi connectivity index (χ3n) is 3.26. The second-order valence-electron chi connectivity index (χ2n) is 3.96. The molecule has 1 aliphatic carbocycles. The maximum Gasteiger partial charge on any atom is 0.341 e. The number of carbonyl (C=O) groups excluding carboxylic acids is 2. The molecule has 1 N–H and O–H groups in total. The van der Waals surface area contributed by atoms with E-state index in [1.165, 1.54) is 14.2 Å². The number of methoxy groups -OCH3 is 2. The molecule has 0 heterocycles. The summed E-state index contributed by atoms with van der Waals surface area (Å²) in [6.45, 7) is 3.53. The van der Waals surface area contributed by atoms with Gasteiger partial charge in [-0.25, -0.2) is 4.79 Å². The smallest absolute Gasteiger partial charge is 0.341 e. The zero-order valence-electron chi connectivity index (χ0n) is 10.6. The Labute approximate surface area is 100 Å². The Morgan fingerprint density at radius 3 is 2.35 bits per heavy atom. The number of hydrogen-bond donors (Lipinski definition) is 1. The molecule has 0 spiro atoms. The number of esters is 1. The molecule has 0 amide bonds. The number of carbonyl (C=O) groups is 2. The molecule has 2 atom stereocenters. The lowest BCUT2D eigenvalue weighted by Gasteiger charge is -2.29. The summed E-state index contributed by atoms with van der Waals surface area (Å²) in [4.78, 5) is 23.6. The van der Waals surface area contributed by atoms with Crippen LogP contribution < -0.4 is 0 Å². The van der Waals surface area contributed by atoms with Crippen molar-refractivity contribution in [2.24, 2.45) is 0 Å². The molecule has 0 saturated heterocycles. The quantitative estimate of drug-likeness (QED) is 0.577. The van der Waals surface area contributed by atoms with E-state index in [4.69, 9.17) is 4.74 Å². The van der Waals surface area contributed by atoms with Crippen LogP contribution in [-0.4, -0.2) is 42.8 Å². The molecular weight excluding hydrogens is 224 g/mol. The fraction of sp³-hybridized carbons (Fsp3) is 0.667. The highest BCUT2D eigenvalue weighted by molar-refractivity contribution is 6.22. The lowest BCUT2D eigenvalue weighted by atomic mass is 9.88. The maximum absolute atomic E-state index is 12.0. The molecule has 0 fully saturated rings. The molecule has 0 aromatic heterocycles. The number of aliphatic hydroxyl groups is 1. The van der Waals surface area contributed by atoms with Gasteiger partial charge in [0.1, 0.15) is 11.2 Å². The minimum absolute atomic E-state index is 0.0637. The molecule has 0 radical (unpaired) electrons. The minimum Gasteiger partial charge on any atom is -0.465 e. The second kappa shape index (κ2) is 4.98. The first-order valence-electron chi connectivity index (χ1n) is 5.59. The standard InChI is InChI=1S/C12H18O5/c1-5-7-8(11(14)17-4)9(13)10(16-3)12(7,15)6-2/h10,15H,5-6H2,1-4H3/t10-,12-/m1/s1. The van der Waals surface area contributed by atoms with Gasteiger partial charge in [-0.1, -0.05) is 13.8 Å². The van der Waals surface area contributed by atoms with Crippen LogP contribution in [0.5, 0.6) is 0 Å². The predicted octanol–water partition coefficient (Wildman–Crippen LogP) is 0.605. The highest BCUT2D eigenvalue weighted by atomic mass is 16.5. The first kappa shape index (κ1) is 13.9. The Morgan fingerprint density at radius 2 is 2.00 bits per heavy atom. The molecule has 17 heavy (non-hydrogen) atoms. The van der Waals surface area contributed by atoms with Gasteiger partial charge in [0.15, 0.2) is 6.10 Å². The van der Waals surface area contributed by atoms with E-state index < -0.39 is 23.5 Å². The summed E-state index contributed by atoms with van der Waals surface area (Å²) in [6, 6.07) is 0. The van der Waals surface area contributed by atoms with Crippen molar-refractivity contribution in [2.75, 3.05) is 14.2 Å². The van der Waals surface area contributed by atoms with Crippen molar-refractivity contribution in [3.05, 3.63) is 11.1 Å². The van der Waals surface area contributed by atoms with Crippen LogP contribution in [-0.2, 0) is 19.1 Å². The third-order valence-corrected chi connectivity index (χ3v) is 3.26. The van der Waals surface area contributed by atoms with Gasteiger partial charge in [-0.2, -0.15) is 0 Å². The van der Waals surface area contributed by atoms with Crippen molar-refractivity contribution in [3.63, 3.8) is 0 Å². The summed E-state index contributed by atoms with van der Waals surface area (Å²) < 4.78 is 9.62. The van der Waals surface area contributed by atoms with E-state index in [0.29, 0.717) is 18.4 Å². The zero-order chi connectivity index (χ0) is 13.2. The summed E-state index contributed by atoms with van der Waals surface area (Å²) in [6.07, 6.45) is -0.307. The molecule has 0 unspecified atom stereocenters. The molecule has 0 aromatic carbocycles. The topological polar surface area (TPSA) is 72.8 Å². The Morgan fingerprint density at radius 1 is 1.41 bits per heavy atom. The van der Waals surface area contributed by atoms with Crippen LogP contribution in [0.4, 0.5) is 0 Å². The van der Waals surface area contributed by atoms with Crippen LogP contribution in [0, 0.1) is 0 Å². The van der Waals surface area contributed by atoms with Crippen molar-refractivity contribution in [3.8, 4) is 0 Å². The van der Waals surface area contributed by atoms with Gasteiger partial charge in [-0.3, -0.25) is 4.79 Å². The van der Waals surface area contributed by atoms with Crippen molar-refractivity contribution >= 4 is 11.8 Å². The van der Waals surface area contributed by atoms with Crippen LogP contribution >= 0.6 is 0 Å². The van der Waals surface area contributed by atoms with Crippen molar-refractivity contribution in [2.45, 2.75) is 38.4 Å². The monoisotopic (exact) mass is 242 g/mol. The molecule has 96 valence electrons. The van der Waals surface area contributed by atoms with E-state index in [-0.39, 0.29) is 5.57 Å². The average Bonchev–Trinajstić information content (AvgIpc) is 2.56. The molecule has 1 rings (SSSR count). The molecule has 0 saturated carbocycles. The summed E-state index contributed by atoms with van der Waals surface area (Å²) in [5.74, 6) is -1.21. The van der Waals surface area contributed by atoms with Crippen molar-refractivity contribution in [1.29, 1.82) is 0 Å². The zero-order valence-corrected chi connectivity index (χ0v) is 10.6. The van der Waals surface area contributed by atoms with Crippen LogP contribution in [0.25, 0.3) is 0 Å². The molecule has 5 heteroatoms. The van der Waals surface area contributed by atoms with Crippen LogP contribution in [0.15, 0.2) is 11.1 Å². The van der Waals surface area contributed by atoms with Crippen molar-refractivity contribution < 1.29 is 24.2 Å². The molecule has 1 aliphatic rings. The maximum atomic E-state index is 12.0. The van der Waals surface area contributed by atoms with E-state index in [1.807, 2.05) is 0 Å². The van der Waals surface area contributed by atoms with Crippen LogP contribution in [0.1, 0.15) is 26.7 Å². The van der Waals surface area contributed by atoms with Gasteiger partial charge in [0.25, 0.3) is 0 Å². The van der Waals surface area contributed by atoms with Crippen LogP contribution in [0.2, 0.25) is 0 Å². The highest BCUT2D eigenvalue weighted by Gasteiger charge is 2.53. The highest BCUT2D eigenvalue weighted by Crippen LogP contribution is 2.39. The summed E-state index contributed by atoms with van der Waals surface area (Å²) >= 11 is 0. The third kappa shape index (κ3) is 1.89. The largest absolute Gasteiger partial charge is 0.465 e. The Bertz CT molecular complexity index is 371. The van der Waals surface area contributed by atoms with Gasteiger partial charge in [0, 0.05) is 7.11 Å². The molecule has 0 aliphatic heterocycles. The van der Waals surface area contributed by atoms with Gasteiger partial charge >= 0.3 is 5.97 Å². The number of ether oxygens (including phenoxy) is 2. The van der Waals surface area contributed by atoms with E-state index in [0.717, 1.165) is 0 Å². The summed E-state index contributed by atoms with van der Waals surface area (Å²) in [5, 5.41) is 10.5. The first-order chi connectivity index (χ1) is 7.97. The van der Waals surface area contributed by atoms with E-state index >= 15 is 0 Å². The van der Waals surface area contributed by atoms with Gasteiger partial charge in [0.05, 0.1) is 7.11 Å². The van der Waals surface area contributed by atoms with Crippen LogP contribution in [0.3, 0.4) is 0 Å². The average molecular weight is 242 g/mol. The van der Waals surface area contributed by atoms with Crippen molar-refractivity contribution in [1.82, 2.24) is 0 Å². The van der Waals surface area contributed by atoms with E-state index in [9.17, 15) is 14.7 Å². The minimum atomic E-state index is -1.40. The van der Waals surface area contributed by atoms with E-state index in [1.54, 1.807) is 13.8 Å². The lowest BCUT2D eigenvalue weighted by Crippen LogP contribution is -2.44. The Hall–Kier alpha value is -1.20. The Kier molecular flexibility index (Phi) is 4.06. The van der Waals surface area contributed by atoms with Gasteiger partial charge in [-0.15, -0.1) is 0 Å². The van der Waals surface area contributed by atoms with Gasteiger partial charge in [-0.05, 0) is 18.4 Å². The Balaban J connectivity index is 3.36. The van der Waals surface area contributed by atoms with Gasteiger partial charge in [0.2, 0.25) is 5.78 Å². The summed E-state index contributed by atoms with van der Waals surface area (Å²) in [7, 11) is 2.55. The van der Waals surface area contributed by atoms with Gasteiger partial charge < -0.3 is 14.6 Å². The van der Waals surface area contributed by atoms with E-state index in [2.05, 4.69) is 4.74 Å². The predicted molar refractivity (Wildman–Crippen MR) is 60.4 cm³/mol. The number of hydrogen-bond acceptors (Lipinski definition) is 5. The number of rotatable bonds is 4. The fourth-order valence-corrected chi connectivity index (χ4v) is 2.38. The SMILES string of the molecule is CCC1=C(C(=O)OC)C(=O)[C@@H](OC)[C@@]1(O)CC.